The van der Waals surface area contributed by atoms with Crippen molar-refractivity contribution in [2.75, 3.05) is 0 Å². The lowest BCUT2D eigenvalue weighted by molar-refractivity contribution is -0.141. The van der Waals surface area contributed by atoms with Crippen molar-refractivity contribution < 1.29 is 15.0 Å². The quantitative estimate of drug-likeness (QED) is 0.509. The number of aliphatic carboxylic acids is 1. The molecule has 0 radical (unpaired) electrons. The zero-order valence-corrected chi connectivity index (χ0v) is 14.3. The number of hydrogen-bond acceptors (Lipinski definition) is 2. The van der Waals surface area contributed by atoms with Gasteiger partial charge in [0.15, 0.2) is 0 Å². The van der Waals surface area contributed by atoms with Gasteiger partial charge in [-0.15, -0.1) is 0 Å². The van der Waals surface area contributed by atoms with E-state index in [1.54, 1.807) is 6.92 Å². The molecule has 0 rings (SSSR count). The third-order valence-electron chi connectivity index (χ3n) is 4.25. The van der Waals surface area contributed by atoms with Crippen molar-refractivity contribution in [1.29, 1.82) is 0 Å². The second-order valence-corrected chi connectivity index (χ2v) is 6.77. The van der Waals surface area contributed by atoms with Crippen molar-refractivity contribution in [1.82, 2.24) is 0 Å². The molecule has 0 aromatic carbocycles. The number of aliphatic hydroxyl groups is 1. The van der Waals surface area contributed by atoms with Crippen molar-refractivity contribution in [2.24, 2.45) is 11.8 Å². The fourth-order valence-corrected chi connectivity index (χ4v) is 2.56. The van der Waals surface area contributed by atoms with Crippen LogP contribution in [0.5, 0.6) is 0 Å². The molecule has 0 bridgehead atoms. The van der Waals surface area contributed by atoms with E-state index in [1.165, 1.54) is 6.42 Å². The van der Waals surface area contributed by atoms with Crippen LogP contribution >= 0.6 is 0 Å². The Labute approximate surface area is 130 Å². The smallest absolute Gasteiger partial charge is 0.306 e. The third kappa shape index (κ3) is 11.5. The highest BCUT2D eigenvalue weighted by Gasteiger charge is 2.21. The van der Waals surface area contributed by atoms with Crippen LogP contribution in [0.3, 0.4) is 0 Å². The minimum atomic E-state index is -0.746. The van der Waals surface area contributed by atoms with Crippen molar-refractivity contribution in [3.63, 3.8) is 0 Å². The van der Waals surface area contributed by atoms with E-state index in [2.05, 4.69) is 19.1 Å². The van der Waals surface area contributed by atoms with Gasteiger partial charge in [0.25, 0.3) is 0 Å². The van der Waals surface area contributed by atoms with Crippen LogP contribution < -0.4 is 0 Å². The molecule has 124 valence electrons. The van der Waals surface area contributed by atoms with E-state index < -0.39 is 11.6 Å². The number of carboxylic acid groups (broad SMARTS) is 1. The van der Waals surface area contributed by atoms with Crippen molar-refractivity contribution in [3.8, 4) is 0 Å². The Balaban J connectivity index is 3.78. The molecule has 0 aliphatic rings. The standard InChI is InChI=1S/C18H34O3/c1-5-6-7-10-15(2)11-8-13-18(4,21)14-9-12-16(3)17(19)20/h5-6,15-16,21H,7-14H2,1-4H3,(H,19,20)/b6-5-. The Morgan fingerprint density at radius 2 is 1.71 bits per heavy atom. The van der Waals surface area contributed by atoms with E-state index in [0.717, 1.165) is 32.1 Å². The second-order valence-electron chi connectivity index (χ2n) is 6.77. The first-order valence-electron chi connectivity index (χ1n) is 8.35. The van der Waals surface area contributed by atoms with Crippen LogP contribution in [0.1, 0.15) is 79.1 Å². The van der Waals surface area contributed by atoms with Crippen molar-refractivity contribution >= 4 is 5.97 Å². The maximum absolute atomic E-state index is 10.7. The SMILES string of the molecule is C/C=C\CCC(C)CCCC(C)(O)CCCC(C)C(=O)O. The normalized spacial score (nSPS) is 17.6. The molecule has 0 saturated heterocycles. The lowest BCUT2D eigenvalue weighted by Crippen LogP contribution is -2.24. The van der Waals surface area contributed by atoms with Gasteiger partial charge >= 0.3 is 5.97 Å². The van der Waals surface area contributed by atoms with Crippen molar-refractivity contribution in [2.45, 2.75) is 84.7 Å². The summed E-state index contributed by atoms with van der Waals surface area (Å²) in [5.41, 5.74) is -0.652. The van der Waals surface area contributed by atoms with Gasteiger partial charge in [0, 0.05) is 0 Å². The molecule has 0 fully saturated rings. The van der Waals surface area contributed by atoms with Gasteiger partial charge in [0.2, 0.25) is 0 Å². The minimum absolute atomic E-state index is 0.313. The summed E-state index contributed by atoms with van der Waals surface area (Å²) in [6, 6.07) is 0. The lowest BCUT2D eigenvalue weighted by Gasteiger charge is -2.24. The molecule has 0 saturated carbocycles. The largest absolute Gasteiger partial charge is 0.481 e. The van der Waals surface area contributed by atoms with Gasteiger partial charge in [-0.2, -0.15) is 0 Å². The van der Waals surface area contributed by atoms with Crippen LogP contribution in [-0.2, 0) is 4.79 Å². The summed E-state index contributed by atoms with van der Waals surface area (Å²) in [6.45, 7) is 7.92. The summed E-state index contributed by atoms with van der Waals surface area (Å²) in [5, 5.41) is 19.2. The third-order valence-corrected chi connectivity index (χ3v) is 4.25. The number of rotatable bonds is 12. The van der Waals surface area contributed by atoms with Gasteiger partial charge in [0.1, 0.15) is 0 Å². The zero-order chi connectivity index (χ0) is 16.3. The van der Waals surface area contributed by atoms with Gasteiger partial charge in [-0.3, -0.25) is 4.79 Å². The summed E-state index contributed by atoms with van der Waals surface area (Å²) in [7, 11) is 0. The fraction of sp³-hybridized carbons (Fsp3) is 0.833. The molecule has 3 nitrogen and oxygen atoms in total. The van der Waals surface area contributed by atoms with E-state index in [-0.39, 0.29) is 5.92 Å². The van der Waals surface area contributed by atoms with Crippen molar-refractivity contribution in [3.05, 3.63) is 12.2 Å². The van der Waals surface area contributed by atoms with Gasteiger partial charge in [0.05, 0.1) is 11.5 Å². The summed E-state index contributed by atoms with van der Waals surface area (Å²) in [4.78, 5) is 10.7. The Kier molecular flexibility index (Phi) is 10.4. The van der Waals surface area contributed by atoms with E-state index in [4.69, 9.17) is 5.11 Å². The van der Waals surface area contributed by atoms with Gasteiger partial charge < -0.3 is 10.2 Å². The molecule has 0 spiro atoms. The molecular formula is C18H34O3. The Hall–Kier alpha value is -0.830. The first kappa shape index (κ1) is 20.2. The Morgan fingerprint density at radius 1 is 1.14 bits per heavy atom. The van der Waals surface area contributed by atoms with Crippen LogP contribution in [0.2, 0.25) is 0 Å². The Morgan fingerprint density at radius 3 is 2.24 bits per heavy atom. The van der Waals surface area contributed by atoms with Crippen LogP contribution in [-0.4, -0.2) is 21.8 Å². The monoisotopic (exact) mass is 298 g/mol. The van der Waals surface area contributed by atoms with E-state index >= 15 is 0 Å². The summed E-state index contributed by atoms with van der Waals surface area (Å²) >= 11 is 0. The minimum Gasteiger partial charge on any atom is -0.481 e. The second kappa shape index (κ2) is 10.8. The fourth-order valence-electron chi connectivity index (χ4n) is 2.56. The van der Waals surface area contributed by atoms with Crippen LogP contribution in [0.25, 0.3) is 0 Å². The molecular weight excluding hydrogens is 264 g/mol. The van der Waals surface area contributed by atoms with Gasteiger partial charge in [-0.25, -0.2) is 0 Å². The maximum atomic E-state index is 10.7. The highest BCUT2D eigenvalue weighted by Crippen LogP contribution is 2.24. The molecule has 0 heterocycles. The molecule has 3 atom stereocenters. The number of carboxylic acids is 1. The summed E-state index contributed by atoms with van der Waals surface area (Å²) in [5.74, 6) is -0.360. The molecule has 0 aliphatic heterocycles. The average Bonchev–Trinajstić information content (AvgIpc) is 2.38. The molecule has 2 N–H and O–H groups in total. The number of hydrogen-bond donors (Lipinski definition) is 2. The summed E-state index contributed by atoms with van der Waals surface area (Å²) in [6.07, 6.45) is 11.8. The Bertz CT molecular complexity index is 308. The van der Waals surface area contributed by atoms with Crippen LogP contribution in [0, 0.1) is 11.8 Å². The molecule has 0 aliphatic carbocycles. The number of allylic oxidation sites excluding steroid dienone is 2. The van der Waals surface area contributed by atoms with E-state index in [9.17, 15) is 9.90 Å². The average molecular weight is 298 g/mol. The molecule has 0 aromatic heterocycles. The van der Waals surface area contributed by atoms with Gasteiger partial charge in [-0.05, 0) is 58.3 Å². The lowest BCUT2D eigenvalue weighted by atomic mass is 9.89. The van der Waals surface area contributed by atoms with Crippen LogP contribution in [0.4, 0.5) is 0 Å². The first-order valence-corrected chi connectivity index (χ1v) is 8.35. The van der Waals surface area contributed by atoms with Gasteiger partial charge in [-0.1, -0.05) is 38.8 Å². The summed E-state index contributed by atoms with van der Waals surface area (Å²) < 4.78 is 0. The zero-order valence-electron chi connectivity index (χ0n) is 14.3. The van der Waals surface area contributed by atoms with E-state index in [0.29, 0.717) is 18.8 Å². The molecule has 3 unspecified atom stereocenters. The molecule has 0 aromatic rings. The first-order chi connectivity index (χ1) is 9.78. The molecule has 21 heavy (non-hydrogen) atoms. The molecule has 3 heteroatoms. The predicted molar refractivity (Wildman–Crippen MR) is 88.3 cm³/mol. The maximum Gasteiger partial charge on any atom is 0.306 e. The molecule has 0 amide bonds. The highest BCUT2D eigenvalue weighted by atomic mass is 16.4. The highest BCUT2D eigenvalue weighted by molar-refractivity contribution is 5.69. The van der Waals surface area contributed by atoms with E-state index in [1.807, 2.05) is 13.8 Å². The number of carbonyl (C=O) groups is 1. The topological polar surface area (TPSA) is 57.5 Å². The van der Waals surface area contributed by atoms with Crippen LogP contribution in [0.15, 0.2) is 12.2 Å². The predicted octanol–water partition coefficient (Wildman–Crippen LogP) is 4.79.